The smallest absolute Gasteiger partial charge is 0.245 e. The fourth-order valence-corrected chi connectivity index (χ4v) is 2.30. The van der Waals surface area contributed by atoms with Gasteiger partial charge in [0, 0.05) is 19.1 Å². The molecular formula is C13H16FN5. The van der Waals surface area contributed by atoms with Gasteiger partial charge in [-0.2, -0.15) is 4.98 Å². The predicted molar refractivity (Wildman–Crippen MR) is 71.3 cm³/mol. The highest BCUT2D eigenvalue weighted by Gasteiger charge is 2.23. The number of halogens is 1. The maximum atomic E-state index is 13.9. The lowest BCUT2D eigenvalue weighted by molar-refractivity contribution is 0.629. The van der Waals surface area contributed by atoms with Crippen molar-refractivity contribution < 1.29 is 4.39 Å². The van der Waals surface area contributed by atoms with Crippen LogP contribution in [0.15, 0.2) is 18.2 Å². The molecule has 1 aromatic carbocycles. The number of anilines is 1. The summed E-state index contributed by atoms with van der Waals surface area (Å²) in [5, 5.41) is 6.93. The van der Waals surface area contributed by atoms with E-state index in [9.17, 15) is 4.39 Å². The Bertz CT molecular complexity index is 594. The predicted octanol–water partition coefficient (Wildman–Crippen LogP) is 1.46. The normalized spacial score (nSPS) is 19.1. The maximum Gasteiger partial charge on any atom is 0.245 e. The van der Waals surface area contributed by atoms with Gasteiger partial charge in [0.05, 0.1) is 5.56 Å². The van der Waals surface area contributed by atoms with Gasteiger partial charge in [-0.1, -0.05) is 6.07 Å². The van der Waals surface area contributed by atoms with Gasteiger partial charge in [0.15, 0.2) is 5.82 Å². The first-order chi connectivity index (χ1) is 9.13. The van der Waals surface area contributed by atoms with Crippen LogP contribution in [0, 0.1) is 12.7 Å². The van der Waals surface area contributed by atoms with E-state index in [1.54, 1.807) is 6.07 Å². The van der Waals surface area contributed by atoms with Crippen LogP contribution >= 0.6 is 0 Å². The number of H-pyrrole nitrogens is 1. The Morgan fingerprint density at radius 1 is 1.47 bits per heavy atom. The molecule has 1 unspecified atom stereocenters. The van der Waals surface area contributed by atoms with E-state index in [1.165, 1.54) is 6.07 Å². The first-order valence-corrected chi connectivity index (χ1v) is 6.33. The van der Waals surface area contributed by atoms with Crippen LogP contribution in [0.5, 0.6) is 0 Å². The molecule has 0 bridgehead atoms. The maximum absolute atomic E-state index is 13.9. The Balaban J connectivity index is 1.88. The number of aromatic amines is 1. The summed E-state index contributed by atoms with van der Waals surface area (Å²) in [6.45, 7) is 3.44. The number of hydrogen-bond donors (Lipinski definition) is 2. The zero-order chi connectivity index (χ0) is 13.4. The molecule has 0 amide bonds. The average Bonchev–Trinajstić information content (AvgIpc) is 2.97. The highest BCUT2D eigenvalue weighted by atomic mass is 19.1. The van der Waals surface area contributed by atoms with Crippen molar-refractivity contribution in [2.75, 3.05) is 18.0 Å². The number of aromatic nitrogens is 3. The monoisotopic (exact) mass is 261 g/mol. The molecule has 1 aromatic heterocycles. The average molecular weight is 261 g/mol. The van der Waals surface area contributed by atoms with Crippen LogP contribution in [-0.2, 0) is 0 Å². The fourth-order valence-electron chi connectivity index (χ4n) is 2.30. The van der Waals surface area contributed by atoms with Crippen LogP contribution in [-0.4, -0.2) is 34.3 Å². The minimum atomic E-state index is -0.291. The molecule has 0 saturated carbocycles. The van der Waals surface area contributed by atoms with Gasteiger partial charge >= 0.3 is 0 Å². The van der Waals surface area contributed by atoms with Crippen molar-refractivity contribution in [2.24, 2.45) is 5.73 Å². The lowest BCUT2D eigenvalue weighted by atomic mass is 10.1. The number of nitrogens with zero attached hydrogens (tertiary/aromatic N) is 3. The van der Waals surface area contributed by atoms with Gasteiger partial charge in [0.1, 0.15) is 5.82 Å². The summed E-state index contributed by atoms with van der Waals surface area (Å²) in [6.07, 6.45) is 0.933. The van der Waals surface area contributed by atoms with Crippen molar-refractivity contribution in [2.45, 2.75) is 19.4 Å². The van der Waals surface area contributed by atoms with Gasteiger partial charge in [-0.3, -0.25) is 5.10 Å². The molecule has 19 heavy (non-hydrogen) atoms. The highest BCUT2D eigenvalue weighted by molar-refractivity contribution is 5.57. The third-order valence-corrected chi connectivity index (χ3v) is 3.36. The molecule has 2 aromatic rings. The summed E-state index contributed by atoms with van der Waals surface area (Å²) < 4.78 is 13.9. The van der Waals surface area contributed by atoms with Crippen molar-refractivity contribution in [3.05, 3.63) is 29.6 Å². The van der Waals surface area contributed by atoms with Crippen molar-refractivity contribution >= 4 is 5.95 Å². The number of benzene rings is 1. The third-order valence-electron chi connectivity index (χ3n) is 3.36. The number of nitrogens with two attached hydrogens (primary N) is 1. The number of rotatable bonds is 2. The Morgan fingerprint density at radius 3 is 3.00 bits per heavy atom. The van der Waals surface area contributed by atoms with E-state index in [2.05, 4.69) is 15.2 Å². The Kier molecular flexibility index (Phi) is 2.94. The van der Waals surface area contributed by atoms with Crippen molar-refractivity contribution in [1.29, 1.82) is 0 Å². The Morgan fingerprint density at radius 2 is 2.32 bits per heavy atom. The molecule has 0 aliphatic carbocycles. The van der Waals surface area contributed by atoms with E-state index in [4.69, 9.17) is 5.73 Å². The quantitative estimate of drug-likeness (QED) is 0.858. The second kappa shape index (κ2) is 4.62. The molecule has 3 rings (SSSR count). The molecular weight excluding hydrogens is 245 g/mol. The molecule has 1 aliphatic rings. The van der Waals surface area contributed by atoms with Crippen molar-refractivity contribution in [3.8, 4) is 11.4 Å². The fraction of sp³-hybridized carbons (Fsp3) is 0.385. The molecule has 0 spiro atoms. The summed E-state index contributed by atoms with van der Waals surface area (Å²) >= 11 is 0. The van der Waals surface area contributed by atoms with Gasteiger partial charge in [0.25, 0.3) is 0 Å². The molecule has 1 fully saturated rings. The van der Waals surface area contributed by atoms with Gasteiger partial charge in [0.2, 0.25) is 5.95 Å². The zero-order valence-corrected chi connectivity index (χ0v) is 10.7. The van der Waals surface area contributed by atoms with E-state index < -0.39 is 0 Å². The van der Waals surface area contributed by atoms with E-state index in [0.29, 0.717) is 17.3 Å². The van der Waals surface area contributed by atoms with Crippen LogP contribution in [0.2, 0.25) is 0 Å². The van der Waals surface area contributed by atoms with Crippen molar-refractivity contribution in [1.82, 2.24) is 15.2 Å². The standard InChI is InChI=1S/C13H16FN5/c1-8-2-3-10(11(14)6-8)12-16-13(18-17-12)19-5-4-9(15)7-19/h2-3,6,9H,4-5,7,15H2,1H3,(H,16,17,18). The number of aryl methyl sites for hydroxylation is 1. The SMILES string of the molecule is Cc1ccc(-c2nc(N3CCC(N)C3)n[nH]2)c(F)c1. The number of nitrogens with one attached hydrogen (secondary N) is 1. The second-order valence-corrected chi connectivity index (χ2v) is 4.96. The third kappa shape index (κ3) is 2.31. The molecule has 1 atom stereocenters. The summed E-state index contributed by atoms with van der Waals surface area (Å²) in [6, 6.07) is 5.22. The second-order valence-electron chi connectivity index (χ2n) is 4.96. The van der Waals surface area contributed by atoms with Gasteiger partial charge < -0.3 is 10.6 Å². The van der Waals surface area contributed by atoms with Gasteiger partial charge in [-0.15, -0.1) is 5.10 Å². The molecule has 1 aliphatic heterocycles. The minimum Gasteiger partial charge on any atom is -0.338 e. The summed E-state index contributed by atoms with van der Waals surface area (Å²) in [5.74, 6) is 0.747. The summed E-state index contributed by atoms with van der Waals surface area (Å²) in [4.78, 5) is 6.36. The highest BCUT2D eigenvalue weighted by Crippen LogP contribution is 2.23. The Hall–Kier alpha value is -1.95. The van der Waals surface area contributed by atoms with E-state index in [-0.39, 0.29) is 11.9 Å². The lowest BCUT2D eigenvalue weighted by Gasteiger charge is -2.11. The first-order valence-electron chi connectivity index (χ1n) is 6.33. The van der Waals surface area contributed by atoms with Crippen LogP contribution in [0.3, 0.4) is 0 Å². The summed E-state index contributed by atoms with van der Waals surface area (Å²) in [7, 11) is 0. The zero-order valence-electron chi connectivity index (χ0n) is 10.7. The number of hydrogen-bond acceptors (Lipinski definition) is 4. The first kappa shape index (κ1) is 12.1. The van der Waals surface area contributed by atoms with Gasteiger partial charge in [-0.05, 0) is 31.0 Å². The molecule has 0 radical (unpaired) electrons. The van der Waals surface area contributed by atoms with Crippen LogP contribution in [0.4, 0.5) is 10.3 Å². The molecule has 6 heteroatoms. The van der Waals surface area contributed by atoms with Crippen LogP contribution in [0.1, 0.15) is 12.0 Å². The van der Waals surface area contributed by atoms with Crippen LogP contribution < -0.4 is 10.6 Å². The largest absolute Gasteiger partial charge is 0.338 e. The van der Waals surface area contributed by atoms with Crippen molar-refractivity contribution in [3.63, 3.8) is 0 Å². The molecule has 2 heterocycles. The molecule has 1 saturated heterocycles. The van der Waals surface area contributed by atoms with Gasteiger partial charge in [-0.25, -0.2) is 4.39 Å². The minimum absolute atomic E-state index is 0.165. The van der Waals surface area contributed by atoms with E-state index in [0.717, 1.165) is 25.1 Å². The molecule has 100 valence electrons. The van der Waals surface area contributed by atoms with E-state index >= 15 is 0 Å². The molecule has 5 nitrogen and oxygen atoms in total. The van der Waals surface area contributed by atoms with Crippen LogP contribution in [0.25, 0.3) is 11.4 Å². The molecule has 3 N–H and O–H groups in total. The topological polar surface area (TPSA) is 70.8 Å². The van der Waals surface area contributed by atoms with E-state index in [1.807, 2.05) is 17.9 Å². The lowest BCUT2D eigenvalue weighted by Crippen LogP contribution is -2.26. The summed E-state index contributed by atoms with van der Waals surface area (Å²) in [5.41, 5.74) is 7.17. The Labute approximate surface area is 110 Å².